The van der Waals surface area contributed by atoms with Crippen LogP contribution < -0.4 is 5.32 Å². The van der Waals surface area contributed by atoms with E-state index in [1.54, 1.807) is 17.6 Å². The van der Waals surface area contributed by atoms with Gasteiger partial charge >= 0.3 is 0 Å². The largest absolute Gasteiger partial charge is 0.394 e. The molecule has 4 nitrogen and oxygen atoms in total. The third kappa shape index (κ3) is 3.32. The second-order valence-electron chi connectivity index (χ2n) is 3.62. The Morgan fingerprint density at radius 2 is 2.33 bits per heavy atom. The monoisotopic (exact) mass is 331 g/mol. The van der Waals surface area contributed by atoms with Gasteiger partial charge in [0.2, 0.25) is 0 Å². The molecule has 0 bridgehead atoms. The molecule has 1 aromatic heterocycles. The van der Waals surface area contributed by atoms with Crippen LogP contribution in [0.15, 0.2) is 28.2 Å². The van der Waals surface area contributed by atoms with Crippen molar-refractivity contribution in [2.45, 2.75) is 12.6 Å². The van der Waals surface area contributed by atoms with Crippen LogP contribution in [0, 0.1) is 5.82 Å². The minimum Gasteiger partial charge on any atom is -0.394 e. The molecule has 1 atom stereocenters. The van der Waals surface area contributed by atoms with Crippen molar-refractivity contribution in [1.29, 1.82) is 0 Å². The zero-order valence-corrected chi connectivity index (χ0v) is 11.7. The number of aliphatic hydroxyl groups excluding tert-OH is 1. The summed E-state index contributed by atoms with van der Waals surface area (Å²) in [7, 11) is 0. The van der Waals surface area contributed by atoms with Crippen LogP contribution in [0.2, 0.25) is 0 Å². The zero-order valence-electron chi connectivity index (χ0n) is 9.31. The van der Waals surface area contributed by atoms with Gasteiger partial charge in [0.1, 0.15) is 16.3 Å². The molecule has 0 amide bonds. The minimum absolute atomic E-state index is 0.111. The fourth-order valence-corrected chi connectivity index (χ4v) is 2.22. The summed E-state index contributed by atoms with van der Waals surface area (Å²) in [6.07, 6.45) is 0. The van der Waals surface area contributed by atoms with E-state index in [0.717, 1.165) is 5.01 Å². The molecule has 0 spiro atoms. The molecule has 0 radical (unpaired) electrons. The van der Waals surface area contributed by atoms with Crippen molar-refractivity contribution in [3.05, 3.63) is 44.6 Å². The lowest BCUT2D eigenvalue weighted by molar-refractivity contribution is 0.243. The number of hydrogen-bond acceptors (Lipinski definition) is 5. The van der Waals surface area contributed by atoms with Crippen LogP contribution in [0.3, 0.4) is 0 Å². The Balaban J connectivity index is 2.05. The van der Waals surface area contributed by atoms with Gasteiger partial charge in [-0.25, -0.2) is 4.39 Å². The maximum absolute atomic E-state index is 13.4. The Morgan fingerprint density at radius 3 is 2.94 bits per heavy atom. The zero-order chi connectivity index (χ0) is 13.0. The molecule has 0 fully saturated rings. The number of hydrogen-bond donors (Lipinski definition) is 2. The van der Waals surface area contributed by atoms with Gasteiger partial charge in [-0.05, 0) is 33.6 Å². The average molecular weight is 332 g/mol. The molecule has 18 heavy (non-hydrogen) atoms. The molecule has 0 aliphatic rings. The number of nitrogens with zero attached hydrogens (tertiary/aromatic N) is 2. The van der Waals surface area contributed by atoms with E-state index in [1.807, 2.05) is 0 Å². The van der Waals surface area contributed by atoms with E-state index in [-0.39, 0.29) is 18.5 Å². The van der Waals surface area contributed by atoms with Gasteiger partial charge in [0.25, 0.3) is 0 Å². The van der Waals surface area contributed by atoms with Crippen LogP contribution in [-0.4, -0.2) is 21.9 Å². The summed E-state index contributed by atoms with van der Waals surface area (Å²) >= 11 is 4.52. The third-order valence-electron chi connectivity index (χ3n) is 2.43. The lowest BCUT2D eigenvalue weighted by Gasteiger charge is -2.16. The summed E-state index contributed by atoms with van der Waals surface area (Å²) in [5, 5.41) is 20.9. The molecular weight excluding hydrogens is 321 g/mol. The number of nitrogens with one attached hydrogen (secondary N) is 1. The van der Waals surface area contributed by atoms with E-state index in [0.29, 0.717) is 16.6 Å². The highest BCUT2D eigenvalue weighted by molar-refractivity contribution is 9.10. The highest BCUT2D eigenvalue weighted by Gasteiger charge is 2.12. The van der Waals surface area contributed by atoms with Crippen molar-refractivity contribution < 1.29 is 9.50 Å². The van der Waals surface area contributed by atoms with Crippen LogP contribution in [-0.2, 0) is 6.54 Å². The summed E-state index contributed by atoms with van der Waals surface area (Å²) in [5.74, 6) is -0.344. The van der Waals surface area contributed by atoms with Crippen molar-refractivity contribution >= 4 is 27.3 Å². The third-order valence-corrected chi connectivity index (χ3v) is 3.77. The standard InChI is InChI=1S/C11H11BrFN3OS/c12-8-2-1-7(3-9(8)13)10(5-17)14-4-11-16-15-6-18-11/h1-3,6,10,14,17H,4-5H2. The second kappa shape index (κ2) is 6.33. The first-order valence-electron chi connectivity index (χ1n) is 5.25. The van der Waals surface area contributed by atoms with Gasteiger partial charge in [0.15, 0.2) is 0 Å². The molecule has 1 heterocycles. The maximum atomic E-state index is 13.4. The summed E-state index contributed by atoms with van der Waals surface area (Å²) in [5.41, 5.74) is 2.34. The van der Waals surface area contributed by atoms with Gasteiger partial charge in [0, 0.05) is 0 Å². The fourth-order valence-electron chi connectivity index (χ4n) is 1.50. The Bertz CT molecular complexity index is 509. The molecule has 0 saturated carbocycles. The Morgan fingerprint density at radius 1 is 1.50 bits per heavy atom. The smallest absolute Gasteiger partial charge is 0.137 e. The van der Waals surface area contributed by atoms with Crippen molar-refractivity contribution in [3.63, 3.8) is 0 Å². The van der Waals surface area contributed by atoms with Crippen molar-refractivity contribution in [2.75, 3.05) is 6.61 Å². The molecule has 2 N–H and O–H groups in total. The summed E-state index contributed by atoms with van der Waals surface area (Å²) < 4.78 is 13.8. The number of halogens is 2. The highest BCUT2D eigenvalue weighted by atomic mass is 79.9. The van der Waals surface area contributed by atoms with E-state index in [1.165, 1.54) is 17.4 Å². The lowest BCUT2D eigenvalue weighted by Crippen LogP contribution is -2.24. The van der Waals surface area contributed by atoms with Gasteiger partial charge in [-0.3, -0.25) is 0 Å². The minimum atomic E-state index is -0.344. The normalized spacial score (nSPS) is 12.6. The molecule has 2 aromatic rings. The van der Waals surface area contributed by atoms with E-state index < -0.39 is 0 Å². The van der Waals surface area contributed by atoms with E-state index >= 15 is 0 Å². The van der Waals surface area contributed by atoms with Gasteiger partial charge in [-0.2, -0.15) is 0 Å². The predicted molar refractivity (Wildman–Crippen MR) is 70.7 cm³/mol. The molecule has 2 rings (SSSR count). The lowest BCUT2D eigenvalue weighted by atomic mass is 10.1. The topological polar surface area (TPSA) is 58.0 Å². The molecule has 96 valence electrons. The molecule has 7 heteroatoms. The Kier molecular flexibility index (Phi) is 4.76. The summed E-state index contributed by atoms with van der Waals surface area (Å²) in [6.45, 7) is 0.382. The van der Waals surface area contributed by atoms with Crippen molar-refractivity contribution in [3.8, 4) is 0 Å². The first-order chi connectivity index (χ1) is 8.70. The Labute approximate surface area is 116 Å². The number of benzene rings is 1. The van der Waals surface area contributed by atoms with Crippen molar-refractivity contribution in [1.82, 2.24) is 15.5 Å². The molecule has 0 aliphatic carbocycles. The van der Waals surface area contributed by atoms with E-state index in [9.17, 15) is 9.50 Å². The maximum Gasteiger partial charge on any atom is 0.137 e. The van der Waals surface area contributed by atoms with Crippen molar-refractivity contribution in [2.24, 2.45) is 0 Å². The van der Waals surface area contributed by atoms with E-state index in [2.05, 4.69) is 31.4 Å². The molecule has 1 aromatic carbocycles. The summed E-state index contributed by atoms with van der Waals surface area (Å²) in [6, 6.07) is 4.47. The van der Waals surface area contributed by atoms with Crippen LogP contribution >= 0.6 is 27.3 Å². The molecule has 0 aliphatic heterocycles. The second-order valence-corrected chi connectivity index (χ2v) is 5.39. The number of aliphatic hydroxyl groups is 1. The number of rotatable bonds is 5. The van der Waals surface area contributed by atoms with Gasteiger partial charge in [-0.1, -0.05) is 6.07 Å². The molecule has 0 saturated heterocycles. The first-order valence-corrected chi connectivity index (χ1v) is 6.92. The van der Waals surface area contributed by atoms with Crippen LogP contribution in [0.1, 0.15) is 16.6 Å². The van der Waals surface area contributed by atoms with Gasteiger partial charge in [-0.15, -0.1) is 21.5 Å². The van der Waals surface area contributed by atoms with Crippen LogP contribution in [0.4, 0.5) is 4.39 Å². The predicted octanol–water partition coefficient (Wildman–Crippen LogP) is 2.26. The van der Waals surface area contributed by atoms with E-state index in [4.69, 9.17) is 0 Å². The van der Waals surface area contributed by atoms with Crippen LogP contribution in [0.25, 0.3) is 0 Å². The first kappa shape index (κ1) is 13.5. The highest BCUT2D eigenvalue weighted by Crippen LogP contribution is 2.21. The number of aromatic nitrogens is 2. The summed E-state index contributed by atoms with van der Waals surface area (Å²) in [4.78, 5) is 0. The molecule has 1 unspecified atom stereocenters. The Hall–Kier alpha value is -0.890. The quantitative estimate of drug-likeness (QED) is 0.882. The van der Waals surface area contributed by atoms with Gasteiger partial charge < -0.3 is 10.4 Å². The van der Waals surface area contributed by atoms with Gasteiger partial charge in [0.05, 0.1) is 23.7 Å². The SMILES string of the molecule is OCC(NCc1nncs1)c1ccc(Br)c(F)c1. The average Bonchev–Trinajstić information content (AvgIpc) is 2.87. The fraction of sp³-hybridized carbons (Fsp3) is 0.273. The van der Waals surface area contributed by atoms with Crippen LogP contribution in [0.5, 0.6) is 0 Å². The molecular formula is C11H11BrFN3OS.